The van der Waals surface area contributed by atoms with E-state index in [0.717, 1.165) is 50.0 Å². The Morgan fingerprint density at radius 1 is 1.42 bits per heavy atom. The first-order valence-electron chi connectivity index (χ1n) is 7.11. The molecule has 0 aliphatic carbocycles. The summed E-state index contributed by atoms with van der Waals surface area (Å²) in [6.07, 6.45) is 1.16. The van der Waals surface area contributed by atoms with E-state index >= 15 is 0 Å². The summed E-state index contributed by atoms with van der Waals surface area (Å²) in [5.41, 5.74) is 0.871. The maximum absolute atomic E-state index is 9.99. The monoisotopic (exact) mass is 280 g/mol. The SMILES string of the molecule is CCC1C2CNCC2CN1Cc1c(O)cccc1Cl. The van der Waals surface area contributed by atoms with E-state index in [2.05, 4.69) is 17.1 Å². The fourth-order valence-electron chi connectivity index (χ4n) is 3.76. The summed E-state index contributed by atoms with van der Waals surface area (Å²) >= 11 is 6.22. The summed E-state index contributed by atoms with van der Waals surface area (Å²) in [7, 11) is 0. The topological polar surface area (TPSA) is 35.5 Å². The molecule has 0 bridgehead atoms. The fraction of sp³-hybridized carbons (Fsp3) is 0.600. The Bertz CT molecular complexity index is 445. The Labute approximate surface area is 119 Å². The molecule has 0 amide bonds. The van der Waals surface area contributed by atoms with Gasteiger partial charge in [0.2, 0.25) is 0 Å². The molecule has 104 valence electrons. The second kappa shape index (κ2) is 5.31. The van der Waals surface area contributed by atoms with Crippen molar-refractivity contribution in [2.24, 2.45) is 11.8 Å². The first-order chi connectivity index (χ1) is 9.20. The maximum Gasteiger partial charge on any atom is 0.121 e. The zero-order chi connectivity index (χ0) is 13.4. The number of rotatable bonds is 3. The first kappa shape index (κ1) is 13.2. The largest absolute Gasteiger partial charge is 0.508 e. The highest BCUT2D eigenvalue weighted by atomic mass is 35.5. The minimum atomic E-state index is 0.317. The first-order valence-corrected chi connectivity index (χ1v) is 7.49. The number of aromatic hydroxyl groups is 1. The molecule has 3 rings (SSSR count). The molecule has 2 saturated heterocycles. The molecule has 4 heteroatoms. The van der Waals surface area contributed by atoms with Crippen molar-refractivity contribution in [1.29, 1.82) is 0 Å². The molecule has 3 atom stereocenters. The van der Waals surface area contributed by atoms with Crippen molar-refractivity contribution in [3.05, 3.63) is 28.8 Å². The van der Waals surface area contributed by atoms with Gasteiger partial charge in [-0.25, -0.2) is 0 Å². The number of nitrogens with zero attached hydrogens (tertiary/aromatic N) is 1. The van der Waals surface area contributed by atoms with Gasteiger partial charge in [0, 0.05) is 29.7 Å². The fourth-order valence-corrected chi connectivity index (χ4v) is 3.99. The molecule has 2 heterocycles. The quantitative estimate of drug-likeness (QED) is 0.893. The van der Waals surface area contributed by atoms with Crippen LogP contribution in [0.25, 0.3) is 0 Å². The summed E-state index contributed by atoms with van der Waals surface area (Å²) in [5.74, 6) is 1.83. The van der Waals surface area contributed by atoms with E-state index in [4.69, 9.17) is 11.6 Å². The lowest BCUT2D eigenvalue weighted by Crippen LogP contribution is -2.34. The van der Waals surface area contributed by atoms with Crippen molar-refractivity contribution in [1.82, 2.24) is 10.2 Å². The summed E-state index contributed by atoms with van der Waals surface area (Å²) in [5, 5.41) is 14.2. The molecule has 2 N–H and O–H groups in total. The van der Waals surface area contributed by atoms with Crippen molar-refractivity contribution < 1.29 is 5.11 Å². The molecule has 0 aromatic heterocycles. The molecule has 1 aromatic rings. The summed E-state index contributed by atoms with van der Waals surface area (Å²) < 4.78 is 0. The number of halogens is 1. The van der Waals surface area contributed by atoms with Crippen LogP contribution in [0.2, 0.25) is 5.02 Å². The average Bonchev–Trinajstić information content (AvgIpc) is 2.93. The maximum atomic E-state index is 9.99. The molecule has 3 nitrogen and oxygen atoms in total. The zero-order valence-corrected chi connectivity index (χ0v) is 12.0. The van der Waals surface area contributed by atoms with Gasteiger partial charge in [-0.2, -0.15) is 0 Å². The van der Waals surface area contributed by atoms with Gasteiger partial charge in [-0.3, -0.25) is 4.90 Å². The van der Waals surface area contributed by atoms with E-state index in [1.54, 1.807) is 12.1 Å². The number of phenols is 1. The van der Waals surface area contributed by atoms with Gasteiger partial charge >= 0.3 is 0 Å². The molecule has 1 aromatic carbocycles. The van der Waals surface area contributed by atoms with Crippen molar-refractivity contribution in [2.75, 3.05) is 19.6 Å². The number of phenolic OH excluding ortho intramolecular Hbond substituents is 1. The lowest BCUT2D eigenvalue weighted by atomic mass is 9.93. The molecule has 0 radical (unpaired) electrons. The van der Waals surface area contributed by atoms with Crippen molar-refractivity contribution in [3.8, 4) is 5.75 Å². The van der Waals surface area contributed by atoms with Crippen LogP contribution < -0.4 is 5.32 Å². The van der Waals surface area contributed by atoms with Crippen LogP contribution in [0.4, 0.5) is 0 Å². The van der Waals surface area contributed by atoms with Gasteiger partial charge in [0.15, 0.2) is 0 Å². The smallest absolute Gasteiger partial charge is 0.121 e. The predicted octanol–water partition coefficient (Wildman–Crippen LogP) is 2.48. The Morgan fingerprint density at radius 2 is 2.26 bits per heavy atom. The van der Waals surface area contributed by atoms with Crippen LogP contribution in [0, 0.1) is 11.8 Å². The van der Waals surface area contributed by atoms with E-state index in [9.17, 15) is 5.11 Å². The van der Waals surface area contributed by atoms with Gasteiger partial charge in [-0.05, 0) is 43.5 Å². The van der Waals surface area contributed by atoms with Crippen LogP contribution in [0.1, 0.15) is 18.9 Å². The molecule has 3 unspecified atom stereocenters. The number of likely N-dealkylation sites (tertiary alicyclic amines) is 1. The molecular formula is C15H21ClN2O. The molecular weight excluding hydrogens is 260 g/mol. The third-order valence-electron chi connectivity index (χ3n) is 4.70. The highest BCUT2D eigenvalue weighted by Crippen LogP contribution is 2.37. The van der Waals surface area contributed by atoms with Gasteiger partial charge in [0.05, 0.1) is 0 Å². The number of fused-ring (bicyclic) bond motifs is 1. The highest BCUT2D eigenvalue weighted by molar-refractivity contribution is 6.31. The van der Waals surface area contributed by atoms with Crippen LogP contribution in [0.5, 0.6) is 5.75 Å². The van der Waals surface area contributed by atoms with Gasteiger partial charge in [0.1, 0.15) is 5.75 Å². The number of benzene rings is 1. The van der Waals surface area contributed by atoms with Crippen molar-refractivity contribution in [2.45, 2.75) is 25.9 Å². The van der Waals surface area contributed by atoms with E-state index in [-0.39, 0.29) is 0 Å². The van der Waals surface area contributed by atoms with E-state index in [1.165, 1.54) is 0 Å². The van der Waals surface area contributed by atoms with Gasteiger partial charge in [0.25, 0.3) is 0 Å². The second-order valence-corrected chi connectivity index (χ2v) is 6.13. The van der Waals surface area contributed by atoms with Crippen LogP contribution in [-0.2, 0) is 6.54 Å². The third kappa shape index (κ3) is 2.35. The van der Waals surface area contributed by atoms with Crippen molar-refractivity contribution >= 4 is 11.6 Å². The predicted molar refractivity (Wildman–Crippen MR) is 77.5 cm³/mol. The lowest BCUT2D eigenvalue weighted by molar-refractivity contribution is 0.208. The van der Waals surface area contributed by atoms with Crippen LogP contribution in [0.3, 0.4) is 0 Å². The van der Waals surface area contributed by atoms with Gasteiger partial charge in [-0.15, -0.1) is 0 Å². The second-order valence-electron chi connectivity index (χ2n) is 5.72. The van der Waals surface area contributed by atoms with Gasteiger partial charge < -0.3 is 10.4 Å². The standard InChI is InChI=1S/C15H21ClN2O/c1-2-14-11-7-17-6-10(11)8-18(14)9-12-13(16)4-3-5-15(12)19/h3-5,10-11,14,17,19H,2,6-9H2,1H3. The highest BCUT2D eigenvalue weighted by Gasteiger charge is 2.43. The minimum Gasteiger partial charge on any atom is -0.508 e. The number of hydrogen-bond donors (Lipinski definition) is 2. The molecule has 2 fully saturated rings. The Kier molecular flexibility index (Phi) is 3.70. The molecule has 2 aliphatic heterocycles. The molecule has 19 heavy (non-hydrogen) atoms. The lowest BCUT2D eigenvalue weighted by Gasteiger charge is -2.27. The summed E-state index contributed by atoms with van der Waals surface area (Å²) in [6.45, 7) is 6.39. The molecule has 0 saturated carbocycles. The van der Waals surface area contributed by atoms with Crippen LogP contribution in [-0.4, -0.2) is 35.7 Å². The Hall–Kier alpha value is -0.770. The van der Waals surface area contributed by atoms with Crippen LogP contribution >= 0.6 is 11.6 Å². The summed E-state index contributed by atoms with van der Waals surface area (Å²) in [4.78, 5) is 2.50. The molecule has 0 spiro atoms. The third-order valence-corrected chi connectivity index (χ3v) is 5.05. The Morgan fingerprint density at radius 3 is 3.00 bits per heavy atom. The van der Waals surface area contributed by atoms with Crippen LogP contribution in [0.15, 0.2) is 18.2 Å². The Balaban J connectivity index is 1.80. The molecule has 2 aliphatic rings. The van der Waals surface area contributed by atoms with E-state index < -0.39 is 0 Å². The number of nitrogens with one attached hydrogen (secondary N) is 1. The summed E-state index contributed by atoms with van der Waals surface area (Å²) in [6, 6.07) is 5.98. The zero-order valence-electron chi connectivity index (χ0n) is 11.3. The normalized spacial score (nSPS) is 30.7. The van der Waals surface area contributed by atoms with Gasteiger partial charge in [-0.1, -0.05) is 24.6 Å². The minimum absolute atomic E-state index is 0.317. The average molecular weight is 281 g/mol. The van der Waals surface area contributed by atoms with Crippen molar-refractivity contribution in [3.63, 3.8) is 0 Å². The number of hydrogen-bond acceptors (Lipinski definition) is 3. The van der Waals surface area contributed by atoms with E-state index in [0.29, 0.717) is 16.8 Å². The van der Waals surface area contributed by atoms with E-state index in [1.807, 2.05) is 6.07 Å².